The maximum Gasteiger partial charge on any atom is 0.214 e. The van der Waals surface area contributed by atoms with Gasteiger partial charge in [0.2, 0.25) is 6.23 Å². The smallest absolute Gasteiger partial charge is 0.214 e. The molecule has 0 amide bonds. The highest BCUT2D eigenvalue weighted by atomic mass is 35.5. The fourth-order valence-corrected chi connectivity index (χ4v) is 4.18. The van der Waals surface area contributed by atoms with Crippen LogP contribution < -0.4 is 14.2 Å². The average molecular weight is 421 g/mol. The summed E-state index contributed by atoms with van der Waals surface area (Å²) in [5.74, 6) is 2.32. The molecule has 0 saturated carbocycles. The monoisotopic (exact) mass is 420 g/mol. The van der Waals surface area contributed by atoms with E-state index in [1.807, 2.05) is 65.7 Å². The number of fused-ring (bicyclic) bond motifs is 3. The second kappa shape index (κ2) is 7.58. The van der Waals surface area contributed by atoms with Gasteiger partial charge in [-0.2, -0.15) is 5.10 Å². The van der Waals surface area contributed by atoms with Crippen LogP contribution >= 0.6 is 11.6 Å². The van der Waals surface area contributed by atoms with Crippen molar-refractivity contribution < 1.29 is 14.2 Å². The summed E-state index contributed by atoms with van der Waals surface area (Å²) in [4.78, 5) is 0. The predicted octanol–water partition coefficient (Wildman–Crippen LogP) is 5.60. The predicted molar refractivity (Wildman–Crippen MR) is 117 cm³/mol. The molecule has 2 aliphatic rings. The van der Waals surface area contributed by atoms with Crippen molar-refractivity contribution in [3.63, 3.8) is 0 Å². The van der Waals surface area contributed by atoms with Gasteiger partial charge in [0.15, 0.2) is 11.5 Å². The Morgan fingerprint density at radius 1 is 0.967 bits per heavy atom. The lowest BCUT2D eigenvalue weighted by Crippen LogP contribution is -2.33. The van der Waals surface area contributed by atoms with E-state index in [4.69, 9.17) is 30.9 Å². The molecule has 0 aromatic heterocycles. The Hall–Kier alpha value is -3.18. The summed E-state index contributed by atoms with van der Waals surface area (Å²) in [6.45, 7) is 0. The number of hydrazone groups is 1. The van der Waals surface area contributed by atoms with E-state index >= 15 is 0 Å². The molecule has 30 heavy (non-hydrogen) atoms. The molecule has 0 fully saturated rings. The van der Waals surface area contributed by atoms with Crippen LogP contribution in [0.1, 0.15) is 35.4 Å². The summed E-state index contributed by atoms with van der Waals surface area (Å²) in [5, 5.41) is 7.71. The number of ether oxygens (including phenoxy) is 3. The van der Waals surface area contributed by atoms with Gasteiger partial charge in [-0.15, -0.1) is 0 Å². The van der Waals surface area contributed by atoms with Crippen molar-refractivity contribution in [3.8, 4) is 17.2 Å². The molecular weight excluding hydrogens is 400 g/mol. The van der Waals surface area contributed by atoms with Gasteiger partial charge in [0.25, 0.3) is 0 Å². The first-order valence-corrected chi connectivity index (χ1v) is 10.1. The van der Waals surface area contributed by atoms with E-state index in [2.05, 4.69) is 6.07 Å². The molecule has 0 bridgehead atoms. The van der Waals surface area contributed by atoms with Crippen molar-refractivity contribution in [2.24, 2.45) is 5.10 Å². The molecule has 2 heterocycles. The maximum atomic E-state index is 6.45. The normalized spacial score (nSPS) is 19.4. The molecule has 2 atom stereocenters. The minimum atomic E-state index is -0.369. The van der Waals surface area contributed by atoms with Gasteiger partial charge in [-0.25, -0.2) is 5.01 Å². The van der Waals surface area contributed by atoms with E-state index in [0.717, 1.165) is 46.1 Å². The molecule has 152 valence electrons. The molecular formula is C24H21ClN2O3. The van der Waals surface area contributed by atoms with Crippen LogP contribution in [-0.4, -0.2) is 24.9 Å². The van der Waals surface area contributed by atoms with Crippen molar-refractivity contribution in [2.45, 2.75) is 18.7 Å². The number of halogens is 1. The van der Waals surface area contributed by atoms with E-state index < -0.39 is 0 Å². The van der Waals surface area contributed by atoms with Crippen molar-refractivity contribution in [2.75, 3.05) is 14.2 Å². The van der Waals surface area contributed by atoms with Gasteiger partial charge < -0.3 is 14.2 Å². The molecule has 0 radical (unpaired) electrons. The summed E-state index contributed by atoms with van der Waals surface area (Å²) in [5.41, 5.74) is 4.15. The van der Waals surface area contributed by atoms with Crippen LogP contribution in [0, 0.1) is 0 Å². The topological polar surface area (TPSA) is 43.3 Å². The van der Waals surface area contributed by atoms with Gasteiger partial charge in [-0.1, -0.05) is 35.9 Å². The van der Waals surface area contributed by atoms with Crippen LogP contribution in [0.4, 0.5) is 0 Å². The first-order chi connectivity index (χ1) is 14.7. The SMILES string of the molecule is COc1ccc(C2=NN3C(C2)c2cccc(OC)c2OC3c2ccc(Cl)cc2)cc1. The maximum absolute atomic E-state index is 6.45. The first kappa shape index (κ1) is 18.8. The van der Waals surface area contributed by atoms with Crippen LogP contribution in [0.3, 0.4) is 0 Å². The Balaban J connectivity index is 1.59. The van der Waals surface area contributed by atoms with Gasteiger partial charge in [0.05, 0.1) is 26.0 Å². The molecule has 3 aromatic carbocycles. The molecule has 6 heteroatoms. The number of nitrogens with zero attached hydrogens (tertiary/aromatic N) is 2. The van der Waals surface area contributed by atoms with Gasteiger partial charge >= 0.3 is 0 Å². The number of para-hydroxylation sites is 1. The molecule has 2 unspecified atom stereocenters. The highest BCUT2D eigenvalue weighted by molar-refractivity contribution is 6.30. The Bertz CT molecular complexity index is 1100. The third-order valence-electron chi connectivity index (χ3n) is 5.58. The van der Waals surface area contributed by atoms with Crippen LogP contribution in [-0.2, 0) is 0 Å². The minimum absolute atomic E-state index is 0.0571. The number of methoxy groups -OCH3 is 2. The summed E-state index contributed by atoms with van der Waals surface area (Å²) >= 11 is 6.11. The summed E-state index contributed by atoms with van der Waals surface area (Å²) in [6, 6.07) is 21.8. The zero-order valence-corrected chi connectivity index (χ0v) is 17.5. The Kier molecular flexibility index (Phi) is 4.75. The Morgan fingerprint density at radius 2 is 1.73 bits per heavy atom. The molecule has 0 aliphatic carbocycles. The van der Waals surface area contributed by atoms with E-state index in [9.17, 15) is 0 Å². The van der Waals surface area contributed by atoms with Crippen LogP contribution in [0.2, 0.25) is 5.02 Å². The third kappa shape index (κ3) is 3.15. The van der Waals surface area contributed by atoms with Crippen molar-refractivity contribution >= 4 is 17.3 Å². The first-order valence-electron chi connectivity index (χ1n) is 9.77. The second-order valence-corrected chi connectivity index (χ2v) is 7.71. The second-order valence-electron chi connectivity index (χ2n) is 7.28. The van der Waals surface area contributed by atoms with Gasteiger partial charge in [-0.3, -0.25) is 0 Å². The molecule has 0 spiro atoms. The van der Waals surface area contributed by atoms with E-state index in [-0.39, 0.29) is 12.3 Å². The summed E-state index contributed by atoms with van der Waals surface area (Å²) < 4.78 is 17.3. The van der Waals surface area contributed by atoms with Crippen LogP contribution in [0.15, 0.2) is 71.8 Å². The van der Waals surface area contributed by atoms with Crippen LogP contribution in [0.5, 0.6) is 17.2 Å². The summed E-state index contributed by atoms with van der Waals surface area (Å²) in [7, 11) is 3.33. The lowest BCUT2D eigenvalue weighted by atomic mass is 9.95. The fraction of sp³-hybridized carbons (Fsp3) is 0.208. The number of rotatable bonds is 4. The van der Waals surface area contributed by atoms with E-state index in [1.54, 1.807) is 14.2 Å². The van der Waals surface area contributed by atoms with Gasteiger partial charge in [0.1, 0.15) is 5.75 Å². The number of hydrogen-bond donors (Lipinski definition) is 0. The van der Waals surface area contributed by atoms with Gasteiger partial charge in [0, 0.05) is 22.6 Å². The standard InChI is InChI=1S/C24H21ClN2O3/c1-28-18-12-8-15(9-13-18)20-14-21-19-4-3-5-22(29-2)23(19)30-24(27(21)26-20)16-6-10-17(25)11-7-16/h3-13,21,24H,14H2,1-2H3. The van der Waals surface area contributed by atoms with Crippen molar-refractivity contribution in [1.82, 2.24) is 5.01 Å². The quantitative estimate of drug-likeness (QED) is 0.551. The van der Waals surface area contributed by atoms with E-state index in [0.29, 0.717) is 5.02 Å². The molecule has 0 saturated heterocycles. The lowest BCUT2D eigenvalue weighted by molar-refractivity contribution is -0.0208. The van der Waals surface area contributed by atoms with Crippen molar-refractivity contribution in [3.05, 3.63) is 88.4 Å². The third-order valence-corrected chi connectivity index (χ3v) is 5.83. The molecule has 0 N–H and O–H groups in total. The lowest BCUT2D eigenvalue weighted by Gasteiger charge is -2.38. The molecule has 3 aromatic rings. The largest absolute Gasteiger partial charge is 0.497 e. The number of hydrogen-bond acceptors (Lipinski definition) is 5. The highest BCUT2D eigenvalue weighted by Crippen LogP contribution is 2.50. The van der Waals surface area contributed by atoms with E-state index in [1.165, 1.54) is 0 Å². The molecule has 5 rings (SSSR count). The van der Waals surface area contributed by atoms with Crippen molar-refractivity contribution in [1.29, 1.82) is 0 Å². The summed E-state index contributed by atoms with van der Waals surface area (Å²) in [6.07, 6.45) is 0.409. The number of benzene rings is 3. The Morgan fingerprint density at radius 3 is 2.43 bits per heavy atom. The van der Waals surface area contributed by atoms with Gasteiger partial charge in [-0.05, 0) is 48.0 Å². The zero-order valence-electron chi connectivity index (χ0n) is 16.7. The average Bonchev–Trinajstić information content (AvgIpc) is 3.24. The molecule has 5 nitrogen and oxygen atoms in total. The Labute approximate surface area is 180 Å². The minimum Gasteiger partial charge on any atom is -0.497 e. The zero-order chi connectivity index (χ0) is 20.7. The van der Waals surface area contributed by atoms with Crippen LogP contribution in [0.25, 0.3) is 0 Å². The highest BCUT2D eigenvalue weighted by Gasteiger charge is 2.42. The fourth-order valence-electron chi connectivity index (χ4n) is 4.05. The molecule has 2 aliphatic heterocycles.